The topological polar surface area (TPSA) is 48.3 Å². The molecule has 1 aliphatic rings. The quantitative estimate of drug-likeness (QED) is 0.785. The lowest BCUT2D eigenvalue weighted by molar-refractivity contribution is -0.136. The first-order valence-electron chi connectivity index (χ1n) is 5.72. The first-order chi connectivity index (χ1) is 8.47. The van der Waals surface area contributed by atoms with Crippen LogP contribution in [0.15, 0.2) is 21.0 Å². The highest BCUT2D eigenvalue weighted by atomic mass is 79.9. The molecule has 0 aliphatic heterocycles. The molecule has 0 N–H and O–H groups in total. The summed E-state index contributed by atoms with van der Waals surface area (Å²) in [7, 11) is 1.70. The van der Waals surface area contributed by atoms with E-state index in [0.29, 0.717) is 29.7 Å². The molecular formula is C13H14BrNO3. The number of pyridine rings is 1. The minimum atomic E-state index is -0.359. The highest BCUT2D eigenvalue weighted by Gasteiger charge is 2.30. The summed E-state index contributed by atoms with van der Waals surface area (Å²) in [5.74, 6) is -0.359. The Kier molecular flexibility index (Phi) is 3.43. The summed E-state index contributed by atoms with van der Waals surface area (Å²) in [5.41, 5.74) is 2.69. The highest BCUT2D eigenvalue weighted by Crippen LogP contribution is 2.36. The molecular weight excluding hydrogens is 298 g/mol. The van der Waals surface area contributed by atoms with Crippen LogP contribution in [0.1, 0.15) is 25.0 Å². The SMILES string of the molecule is CCOC(=O)C1=C(C)Cc2c1c(Br)cn(C)c2=O. The minimum absolute atomic E-state index is 0.0631. The van der Waals surface area contributed by atoms with Crippen LogP contribution in [-0.2, 0) is 23.0 Å². The minimum Gasteiger partial charge on any atom is -0.462 e. The van der Waals surface area contributed by atoms with Gasteiger partial charge in [0.2, 0.25) is 0 Å². The summed E-state index contributed by atoms with van der Waals surface area (Å²) in [6, 6.07) is 0. The number of nitrogens with zero attached hydrogens (tertiary/aromatic N) is 1. The van der Waals surface area contributed by atoms with Crippen molar-refractivity contribution in [2.45, 2.75) is 20.3 Å². The van der Waals surface area contributed by atoms with E-state index in [1.54, 1.807) is 20.2 Å². The third kappa shape index (κ3) is 1.92. The van der Waals surface area contributed by atoms with Crippen LogP contribution in [-0.4, -0.2) is 17.1 Å². The van der Waals surface area contributed by atoms with Crippen LogP contribution < -0.4 is 5.56 Å². The van der Waals surface area contributed by atoms with E-state index in [0.717, 1.165) is 10.0 Å². The predicted molar refractivity (Wildman–Crippen MR) is 72.3 cm³/mol. The third-order valence-electron chi connectivity index (χ3n) is 3.02. The first-order valence-corrected chi connectivity index (χ1v) is 6.51. The van der Waals surface area contributed by atoms with Crippen molar-refractivity contribution < 1.29 is 9.53 Å². The van der Waals surface area contributed by atoms with Crippen molar-refractivity contribution in [1.82, 2.24) is 4.57 Å². The number of hydrogen-bond donors (Lipinski definition) is 0. The smallest absolute Gasteiger partial charge is 0.338 e. The van der Waals surface area contributed by atoms with Gasteiger partial charge in [-0.2, -0.15) is 0 Å². The molecule has 1 aliphatic carbocycles. The second-order valence-electron chi connectivity index (χ2n) is 4.30. The Labute approximate surface area is 113 Å². The number of ether oxygens (including phenoxy) is 1. The molecule has 96 valence electrons. The van der Waals surface area contributed by atoms with Gasteiger partial charge in [-0.25, -0.2) is 4.79 Å². The lowest BCUT2D eigenvalue weighted by Gasteiger charge is -2.09. The van der Waals surface area contributed by atoms with Gasteiger partial charge >= 0.3 is 5.97 Å². The molecule has 18 heavy (non-hydrogen) atoms. The van der Waals surface area contributed by atoms with Gasteiger partial charge in [-0.05, 0) is 29.8 Å². The molecule has 0 atom stereocenters. The second-order valence-corrected chi connectivity index (χ2v) is 5.15. The largest absolute Gasteiger partial charge is 0.462 e. The molecule has 1 aromatic rings. The molecule has 0 amide bonds. The molecule has 2 rings (SSSR count). The zero-order valence-corrected chi connectivity index (χ0v) is 12.1. The number of aromatic nitrogens is 1. The van der Waals surface area contributed by atoms with Crippen molar-refractivity contribution in [3.05, 3.63) is 37.7 Å². The summed E-state index contributed by atoms with van der Waals surface area (Å²) in [6.07, 6.45) is 2.19. The number of allylic oxidation sites excluding steroid dienone is 1. The molecule has 0 aromatic carbocycles. The van der Waals surface area contributed by atoms with Crippen LogP contribution in [0.2, 0.25) is 0 Å². The van der Waals surface area contributed by atoms with E-state index in [1.165, 1.54) is 4.57 Å². The van der Waals surface area contributed by atoms with Gasteiger partial charge < -0.3 is 9.30 Å². The standard InChI is InChI=1S/C13H14BrNO3/c1-4-18-13(17)10-7(2)5-8-11(10)9(14)6-15(3)12(8)16/h6H,4-5H2,1-3H3. The molecule has 0 radical (unpaired) electrons. The summed E-state index contributed by atoms with van der Waals surface area (Å²) in [6.45, 7) is 3.95. The van der Waals surface area contributed by atoms with E-state index in [9.17, 15) is 9.59 Å². The Bertz CT molecular complexity index is 613. The first kappa shape index (κ1) is 13.1. The fourth-order valence-electron chi connectivity index (χ4n) is 2.24. The summed E-state index contributed by atoms with van der Waals surface area (Å²) in [5, 5.41) is 0. The number of carbonyl (C=O) groups is 1. The number of halogens is 1. The van der Waals surface area contributed by atoms with Gasteiger partial charge in [0.25, 0.3) is 5.56 Å². The molecule has 0 unspecified atom stereocenters. The Balaban J connectivity index is 2.63. The fraction of sp³-hybridized carbons (Fsp3) is 0.385. The van der Waals surface area contributed by atoms with Crippen molar-refractivity contribution in [2.24, 2.45) is 7.05 Å². The van der Waals surface area contributed by atoms with E-state index < -0.39 is 0 Å². The van der Waals surface area contributed by atoms with Crippen LogP contribution >= 0.6 is 15.9 Å². The van der Waals surface area contributed by atoms with Gasteiger partial charge in [0, 0.05) is 35.3 Å². The van der Waals surface area contributed by atoms with Crippen LogP contribution in [0, 0.1) is 0 Å². The van der Waals surface area contributed by atoms with Crippen LogP contribution in [0.4, 0.5) is 0 Å². The number of rotatable bonds is 2. The van der Waals surface area contributed by atoms with Crippen LogP contribution in [0.5, 0.6) is 0 Å². The molecule has 1 aromatic heterocycles. The Morgan fingerprint density at radius 2 is 2.22 bits per heavy atom. The normalized spacial score (nSPS) is 13.8. The number of hydrogen-bond acceptors (Lipinski definition) is 3. The van der Waals surface area contributed by atoms with E-state index in [2.05, 4.69) is 15.9 Å². The number of aryl methyl sites for hydroxylation is 1. The van der Waals surface area contributed by atoms with Gasteiger partial charge in [-0.3, -0.25) is 4.79 Å². The molecule has 0 saturated carbocycles. The Hall–Kier alpha value is -1.36. The number of fused-ring (bicyclic) bond motifs is 1. The zero-order valence-electron chi connectivity index (χ0n) is 10.5. The molecule has 0 fully saturated rings. The van der Waals surface area contributed by atoms with Crippen molar-refractivity contribution >= 4 is 27.5 Å². The fourth-order valence-corrected chi connectivity index (χ4v) is 2.98. The van der Waals surface area contributed by atoms with Crippen LogP contribution in [0.3, 0.4) is 0 Å². The van der Waals surface area contributed by atoms with Gasteiger partial charge in [0.05, 0.1) is 12.2 Å². The summed E-state index contributed by atoms with van der Waals surface area (Å²) < 4.78 is 7.32. The van der Waals surface area contributed by atoms with Crippen molar-refractivity contribution in [3.63, 3.8) is 0 Å². The summed E-state index contributed by atoms with van der Waals surface area (Å²) in [4.78, 5) is 24.0. The van der Waals surface area contributed by atoms with E-state index in [-0.39, 0.29) is 11.5 Å². The van der Waals surface area contributed by atoms with Gasteiger partial charge in [-0.15, -0.1) is 0 Å². The van der Waals surface area contributed by atoms with E-state index in [1.807, 2.05) is 6.92 Å². The maximum Gasteiger partial charge on any atom is 0.338 e. The maximum absolute atomic E-state index is 12.0. The second kappa shape index (κ2) is 4.72. The molecule has 0 bridgehead atoms. The average molecular weight is 312 g/mol. The Morgan fingerprint density at radius 1 is 1.56 bits per heavy atom. The average Bonchev–Trinajstić information content (AvgIpc) is 2.64. The van der Waals surface area contributed by atoms with Crippen molar-refractivity contribution in [1.29, 1.82) is 0 Å². The third-order valence-corrected chi connectivity index (χ3v) is 3.63. The lowest BCUT2D eigenvalue weighted by Crippen LogP contribution is -2.21. The number of esters is 1. The molecule has 4 nitrogen and oxygen atoms in total. The Morgan fingerprint density at radius 3 is 2.83 bits per heavy atom. The number of carbonyl (C=O) groups excluding carboxylic acids is 1. The predicted octanol–water partition coefficient (Wildman–Crippen LogP) is 2.04. The van der Waals surface area contributed by atoms with Gasteiger partial charge in [0.15, 0.2) is 0 Å². The van der Waals surface area contributed by atoms with Gasteiger partial charge in [-0.1, -0.05) is 5.57 Å². The highest BCUT2D eigenvalue weighted by molar-refractivity contribution is 9.10. The molecule has 0 saturated heterocycles. The van der Waals surface area contributed by atoms with E-state index in [4.69, 9.17) is 4.74 Å². The zero-order chi connectivity index (χ0) is 13.4. The van der Waals surface area contributed by atoms with Crippen LogP contribution in [0.25, 0.3) is 5.57 Å². The summed E-state index contributed by atoms with van der Waals surface area (Å²) >= 11 is 3.42. The molecule has 0 spiro atoms. The molecule has 5 heteroatoms. The van der Waals surface area contributed by atoms with Crippen molar-refractivity contribution in [3.8, 4) is 0 Å². The molecule has 1 heterocycles. The van der Waals surface area contributed by atoms with E-state index >= 15 is 0 Å². The maximum atomic E-state index is 12.0. The van der Waals surface area contributed by atoms with Crippen molar-refractivity contribution in [2.75, 3.05) is 6.61 Å². The van der Waals surface area contributed by atoms with Gasteiger partial charge in [0.1, 0.15) is 0 Å². The lowest BCUT2D eigenvalue weighted by atomic mass is 10.1. The monoisotopic (exact) mass is 311 g/mol.